The average Bonchev–Trinajstić information content (AvgIpc) is 3.71. The topological polar surface area (TPSA) is 192 Å². The molecule has 3 N–H and O–H groups in total. The van der Waals surface area contributed by atoms with E-state index in [0.717, 1.165) is 6.42 Å². The van der Waals surface area contributed by atoms with Gasteiger partial charge in [0, 0.05) is 74.3 Å². The Hall–Kier alpha value is -0.560. The van der Waals surface area contributed by atoms with Gasteiger partial charge in [0.25, 0.3) is 0 Å². The number of ketones is 1. The summed E-state index contributed by atoms with van der Waals surface area (Å²) in [6.07, 6.45) is 3.10. The van der Waals surface area contributed by atoms with Crippen molar-refractivity contribution < 1.29 is 97.5 Å². The van der Waals surface area contributed by atoms with Gasteiger partial charge in [0.15, 0.2) is 29.4 Å². The van der Waals surface area contributed by atoms with Crippen LogP contribution in [0, 0.1) is 47.3 Å². The number of hydrogen-bond acceptors (Lipinski definition) is 14. The zero-order chi connectivity index (χ0) is 45.0. The van der Waals surface area contributed by atoms with Gasteiger partial charge in [-0.25, -0.2) is 0 Å². The maximum atomic E-state index is 13.3. The first-order valence-corrected chi connectivity index (χ1v) is 23.2. The quantitative estimate of drug-likeness (QED) is 0.179. The van der Waals surface area contributed by atoms with Crippen molar-refractivity contribution in [1.29, 1.82) is 0 Å². The van der Waals surface area contributed by atoms with Gasteiger partial charge in [-0.1, -0.05) is 61.5 Å². The third kappa shape index (κ3) is 10.4. The molecule has 2 spiro atoms. The number of hydrogen-bond donors (Lipinski definition) is 3. The molecule has 0 bridgehead atoms. The summed E-state index contributed by atoms with van der Waals surface area (Å²) in [6, 6.07) is 0. The molecule has 21 unspecified atom stereocenters. The number of aliphatic carboxylic acids is 1. The van der Waals surface area contributed by atoms with Crippen molar-refractivity contribution in [3.05, 3.63) is 11.6 Å². The summed E-state index contributed by atoms with van der Waals surface area (Å²) in [5, 5.41) is 44.4. The van der Waals surface area contributed by atoms with Crippen LogP contribution in [-0.4, -0.2) is 119 Å². The van der Waals surface area contributed by atoms with E-state index in [9.17, 15) is 30.0 Å². The van der Waals surface area contributed by atoms with E-state index in [4.69, 9.17) is 37.9 Å². The number of methoxy groups -OCH3 is 1. The minimum absolute atomic E-state index is 0. The van der Waals surface area contributed by atoms with Crippen molar-refractivity contribution in [3.63, 3.8) is 0 Å². The SMILES string of the molecule is COC1CCC(OC2CC(C3(C)CCC4(CC(O)C(C)C(C(C)/C=C(\C)C(=O)C(C)CC(C)C(=O)[O-])O4)O3)OC3(OC(C4OC(O)(CO)C(C)CC4C)CC3C)C2C)OC1C.[Na+]. The molecule has 21 atom stereocenters. The number of carboxylic acid groups (broad SMARTS) is 1. The van der Waals surface area contributed by atoms with Crippen molar-refractivity contribution in [2.45, 2.75) is 212 Å². The molecule has 0 aromatic carbocycles. The molecule has 6 fully saturated rings. The van der Waals surface area contributed by atoms with E-state index in [2.05, 4.69) is 20.8 Å². The van der Waals surface area contributed by atoms with E-state index in [1.54, 1.807) is 27.9 Å². The number of carboxylic acids is 1. The van der Waals surface area contributed by atoms with Crippen LogP contribution < -0.4 is 34.7 Å². The van der Waals surface area contributed by atoms with Crippen molar-refractivity contribution in [1.82, 2.24) is 0 Å². The molecule has 62 heavy (non-hydrogen) atoms. The van der Waals surface area contributed by atoms with Crippen LogP contribution in [0.4, 0.5) is 0 Å². The molecular weight excluding hydrogens is 811 g/mol. The van der Waals surface area contributed by atoms with E-state index in [1.807, 2.05) is 40.7 Å². The molecule has 6 heterocycles. The van der Waals surface area contributed by atoms with Crippen LogP contribution >= 0.6 is 0 Å². The van der Waals surface area contributed by atoms with Crippen LogP contribution in [0.2, 0.25) is 0 Å². The van der Waals surface area contributed by atoms with Gasteiger partial charge in [-0.05, 0) is 70.3 Å². The van der Waals surface area contributed by atoms with Crippen molar-refractivity contribution >= 4 is 11.8 Å². The standard InChI is InChI=1S/C47H78O14.Na/c1-24(40(50)25(2)18-28(5)43(51)52)17-26(3)41-31(8)34(49)22-45(59-41)16-15-44(11,61-45)38-21-36(56-39-14-13-35(54-12)33(10)55-39)32(9)47(58-38)30(7)20-37(57-47)42-27(4)19-29(6)46(53,23-48)60-42;/h17,25-39,41-42,48-49,53H,13-16,18-23H2,1-12H3,(H,51,52);/q;+1/p-1/b24-17+;. The van der Waals surface area contributed by atoms with E-state index in [1.165, 1.54) is 0 Å². The van der Waals surface area contributed by atoms with E-state index >= 15 is 0 Å². The Balaban J connectivity index is 0.00000726. The summed E-state index contributed by atoms with van der Waals surface area (Å²) in [6.45, 7) is 20.7. The average molecular weight is 889 g/mol. The van der Waals surface area contributed by atoms with Crippen LogP contribution in [0.3, 0.4) is 0 Å². The molecule has 0 aromatic rings. The number of ether oxygens (including phenoxy) is 8. The Morgan fingerprint density at radius 2 is 1.61 bits per heavy atom. The molecule has 0 aromatic heterocycles. The fourth-order valence-corrected chi connectivity index (χ4v) is 11.8. The maximum Gasteiger partial charge on any atom is 1.00 e. The first kappa shape index (κ1) is 52.4. The van der Waals surface area contributed by atoms with Crippen LogP contribution in [0.15, 0.2) is 11.6 Å². The molecule has 6 aliphatic heterocycles. The van der Waals surface area contributed by atoms with Crippen molar-refractivity contribution in [3.8, 4) is 0 Å². The maximum absolute atomic E-state index is 13.3. The molecule has 6 saturated heterocycles. The molecule has 14 nitrogen and oxygen atoms in total. The second-order valence-corrected chi connectivity index (χ2v) is 20.6. The second-order valence-electron chi connectivity index (χ2n) is 20.6. The van der Waals surface area contributed by atoms with Gasteiger partial charge >= 0.3 is 29.6 Å². The van der Waals surface area contributed by atoms with Crippen molar-refractivity contribution in [2.24, 2.45) is 47.3 Å². The number of aliphatic hydroxyl groups is 3. The van der Waals surface area contributed by atoms with E-state index in [-0.39, 0.29) is 102 Å². The number of rotatable bonds is 13. The molecule has 0 saturated carbocycles. The normalized spacial score (nSPS) is 47.8. The van der Waals surface area contributed by atoms with Gasteiger partial charge in [0.2, 0.25) is 0 Å². The van der Waals surface area contributed by atoms with Crippen molar-refractivity contribution in [2.75, 3.05) is 13.7 Å². The Morgan fingerprint density at radius 1 is 0.919 bits per heavy atom. The fraction of sp³-hybridized carbons (Fsp3) is 0.915. The second kappa shape index (κ2) is 20.3. The molecule has 0 radical (unpaired) electrons. The minimum Gasteiger partial charge on any atom is -0.550 e. The number of aliphatic hydroxyl groups excluding tert-OH is 2. The molecule has 0 aliphatic carbocycles. The van der Waals surface area contributed by atoms with Gasteiger partial charge in [-0.3, -0.25) is 4.79 Å². The van der Waals surface area contributed by atoms with E-state index in [0.29, 0.717) is 44.1 Å². The monoisotopic (exact) mass is 889 g/mol. The van der Waals surface area contributed by atoms with Gasteiger partial charge in [-0.2, -0.15) is 0 Å². The van der Waals surface area contributed by atoms with Crippen LogP contribution in [0.25, 0.3) is 0 Å². The number of Topliss-reactive ketones (excluding diaryl/α,β-unsaturated/α-hetero) is 1. The number of carbonyl (C=O) groups excluding carboxylic acids is 2. The third-order valence-corrected chi connectivity index (χ3v) is 15.8. The summed E-state index contributed by atoms with van der Waals surface area (Å²) in [5.41, 5.74) is -0.352. The molecular formula is C47H77NaO14. The Bertz CT molecular complexity index is 1580. The minimum atomic E-state index is -1.67. The van der Waals surface area contributed by atoms with Crippen LogP contribution in [0.5, 0.6) is 0 Å². The predicted molar refractivity (Wildman–Crippen MR) is 221 cm³/mol. The summed E-state index contributed by atoms with van der Waals surface area (Å²) in [4.78, 5) is 24.7. The first-order valence-electron chi connectivity index (χ1n) is 23.2. The number of allylic oxidation sites excluding steroid dienone is 1. The summed E-state index contributed by atoms with van der Waals surface area (Å²) in [7, 11) is 1.70. The molecule has 6 rings (SSSR count). The Labute approximate surface area is 392 Å². The van der Waals surface area contributed by atoms with Crippen LogP contribution in [-0.2, 0) is 47.5 Å². The van der Waals surface area contributed by atoms with Gasteiger partial charge in [-0.15, -0.1) is 0 Å². The number of carbonyl (C=O) groups is 2. The zero-order valence-electron chi connectivity index (χ0n) is 39.8. The summed E-state index contributed by atoms with van der Waals surface area (Å²) >= 11 is 0. The third-order valence-electron chi connectivity index (χ3n) is 15.8. The molecule has 350 valence electrons. The molecule has 0 amide bonds. The Morgan fingerprint density at radius 3 is 2.24 bits per heavy atom. The van der Waals surface area contributed by atoms with Gasteiger partial charge in [0.1, 0.15) is 0 Å². The van der Waals surface area contributed by atoms with Gasteiger partial charge in [0.05, 0.1) is 61.0 Å². The summed E-state index contributed by atoms with van der Waals surface area (Å²) < 4.78 is 53.9. The fourth-order valence-electron chi connectivity index (χ4n) is 11.8. The first-order chi connectivity index (χ1) is 28.5. The largest absolute Gasteiger partial charge is 1.00 e. The summed E-state index contributed by atoms with van der Waals surface area (Å²) in [5.74, 6) is -7.48. The van der Waals surface area contributed by atoms with Crippen LogP contribution in [0.1, 0.15) is 134 Å². The zero-order valence-corrected chi connectivity index (χ0v) is 41.8. The van der Waals surface area contributed by atoms with Gasteiger partial charge < -0.3 is 63.1 Å². The molecule has 6 aliphatic rings. The smallest absolute Gasteiger partial charge is 0.550 e. The molecule has 15 heteroatoms. The predicted octanol–water partition coefficient (Wildman–Crippen LogP) is 1.82. The van der Waals surface area contributed by atoms with E-state index < -0.39 is 84.2 Å². The Kier molecular flexibility index (Phi) is 17.2.